The SMILES string of the molecule is Cc1c[c-]c(-c2ccccn2)cc1.[2H]c1c([2H])c([2H])c(-c2c(F)ccc3c2oc2c(-c4ccccn4)nccc23)c([2H])c1[2H].[Ir]. The van der Waals surface area contributed by atoms with Crippen molar-refractivity contribution in [1.29, 1.82) is 0 Å². The second kappa shape index (κ2) is 12.1. The van der Waals surface area contributed by atoms with Crippen molar-refractivity contribution in [3.8, 4) is 33.8 Å². The van der Waals surface area contributed by atoms with Crippen molar-refractivity contribution in [2.45, 2.75) is 6.92 Å². The summed E-state index contributed by atoms with van der Waals surface area (Å²) in [5.74, 6) is -0.752. The van der Waals surface area contributed by atoms with Crippen LogP contribution in [0.25, 0.3) is 55.7 Å². The van der Waals surface area contributed by atoms with E-state index in [4.69, 9.17) is 11.3 Å². The predicted octanol–water partition coefficient (Wildman–Crippen LogP) is 8.70. The monoisotopic (exact) mass is 706 g/mol. The molecule has 7 rings (SSSR count). The van der Waals surface area contributed by atoms with Crippen LogP contribution in [-0.4, -0.2) is 15.0 Å². The van der Waals surface area contributed by atoms with Gasteiger partial charge >= 0.3 is 0 Å². The van der Waals surface area contributed by atoms with E-state index in [0.717, 1.165) is 11.3 Å². The number of halogens is 1. The second-order valence-corrected chi connectivity index (χ2v) is 8.65. The number of hydrogen-bond acceptors (Lipinski definition) is 4. The molecule has 0 saturated heterocycles. The molecule has 0 amide bonds. The normalized spacial score (nSPS) is 12.3. The summed E-state index contributed by atoms with van der Waals surface area (Å²) in [4.78, 5) is 12.9. The van der Waals surface area contributed by atoms with E-state index in [9.17, 15) is 0 Å². The van der Waals surface area contributed by atoms with E-state index < -0.39 is 36.0 Å². The first-order valence-corrected chi connectivity index (χ1v) is 12.1. The molecule has 40 heavy (non-hydrogen) atoms. The molecule has 4 nitrogen and oxygen atoms in total. The van der Waals surface area contributed by atoms with Crippen LogP contribution in [0.2, 0.25) is 0 Å². The third-order valence-electron chi connectivity index (χ3n) is 6.07. The van der Waals surface area contributed by atoms with Gasteiger partial charge in [0.15, 0.2) is 5.58 Å². The van der Waals surface area contributed by atoms with E-state index in [-0.39, 0.29) is 36.8 Å². The van der Waals surface area contributed by atoms with Gasteiger partial charge in [-0.3, -0.25) is 9.97 Å². The van der Waals surface area contributed by atoms with Crippen LogP contribution < -0.4 is 0 Å². The number of aromatic nitrogens is 3. The fourth-order valence-corrected chi connectivity index (χ4v) is 4.22. The Balaban J connectivity index is 0.000000240. The van der Waals surface area contributed by atoms with Crippen LogP contribution in [-0.2, 0) is 20.1 Å². The molecular formula is C34H23FIrN3O-. The fourth-order valence-electron chi connectivity index (χ4n) is 4.22. The molecule has 0 aliphatic rings. The molecule has 0 N–H and O–H groups in total. The van der Waals surface area contributed by atoms with Crippen molar-refractivity contribution >= 4 is 21.9 Å². The number of nitrogens with zero attached hydrogens (tertiary/aromatic N) is 3. The van der Waals surface area contributed by atoms with Crippen molar-refractivity contribution in [1.82, 2.24) is 15.0 Å². The molecule has 4 aromatic heterocycles. The maximum Gasteiger partial charge on any atom is 0.163 e. The molecule has 0 unspecified atom stereocenters. The van der Waals surface area contributed by atoms with Gasteiger partial charge in [0.25, 0.3) is 0 Å². The van der Waals surface area contributed by atoms with Crippen molar-refractivity contribution in [3.05, 3.63) is 139 Å². The zero-order valence-electron chi connectivity index (χ0n) is 26.1. The van der Waals surface area contributed by atoms with E-state index in [1.165, 1.54) is 17.7 Å². The zero-order valence-corrected chi connectivity index (χ0v) is 23.5. The maximum atomic E-state index is 15.1. The van der Waals surface area contributed by atoms with E-state index >= 15 is 4.39 Å². The van der Waals surface area contributed by atoms with Gasteiger partial charge in [-0.2, -0.15) is 0 Å². The topological polar surface area (TPSA) is 51.8 Å². The molecular weight excluding hydrogens is 678 g/mol. The number of furan rings is 1. The smallest absolute Gasteiger partial charge is 0.163 e. The Kier molecular flexibility index (Phi) is 6.46. The summed E-state index contributed by atoms with van der Waals surface area (Å²) in [7, 11) is 0. The Labute approximate surface area is 252 Å². The quantitative estimate of drug-likeness (QED) is 0.173. The Bertz CT molecular complexity index is 2120. The molecule has 3 aromatic carbocycles. The molecule has 4 heterocycles. The average molecular weight is 706 g/mol. The van der Waals surface area contributed by atoms with Crippen LogP contribution in [0.5, 0.6) is 0 Å². The number of pyridine rings is 3. The average Bonchev–Trinajstić information content (AvgIpc) is 3.44. The molecule has 0 atom stereocenters. The van der Waals surface area contributed by atoms with Gasteiger partial charge in [-0.05, 0) is 47.7 Å². The van der Waals surface area contributed by atoms with Crippen LogP contribution in [0.1, 0.15) is 12.4 Å². The Morgan fingerprint density at radius 2 is 1.48 bits per heavy atom. The first kappa shape index (κ1) is 21.3. The molecule has 197 valence electrons. The Hall–Kier alpha value is -4.51. The molecule has 0 aliphatic carbocycles. The van der Waals surface area contributed by atoms with E-state index in [1.807, 2.05) is 36.4 Å². The van der Waals surface area contributed by atoms with Crippen molar-refractivity contribution < 1.29 is 35.8 Å². The third kappa shape index (κ3) is 5.46. The molecule has 0 aliphatic heterocycles. The number of rotatable bonds is 3. The van der Waals surface area contributed by atoms with Gasteiger partial charge in [0.1, 0.15) is 17.1 Å². The summed E-state index contributed by atoms with van der Waals surface area (Å²) in [6.45, 7) is 2.05. The predicted molar refractivity (Wildman–Crippen MR) is 153 cm³/mol. The van der Waals surface area contributed by atoms with Gasteiger partial charge in [-0.25, -0.2) is 4.39 Å². The molecule has 0 spiro atoms. The first-order valence-electron chi connectivity index (χ1n) is 14.6. The van der Waals surface area contributed by atoms with Gasteiger partial charge in [0.2, 0.25) is 0 Å². The summed E-state index contributed by atoms with van der Waals surface area (Å²) < 4.78 is 61.3. The van der Waals surface area contributed by atoms with Crippen LogP contribution >= 0.6 is 0 Å². The van der Waals surface area contributed by atoms with E-state index in [2.05, 4.69) is 34.0 Å². The van der Waals surface area contributed by atoms with E-state index in [1.54, 1.807) is 36.8 Å². The number of benzene rings is 3. The minimum Gasteiger partial charge on any atom is -0.453 e. The summed E-state index contributed by atoms with van der Waals surface area (Å²) in [5.41, 5.74) is 4.29. The Morgan fingerprint density at radius 1 is 0.750 bits per heavy atom. The van der Waals surface area contributed by atoms with Crippen molar-refractivity contribution in [3.63, 3.8) is 0 Å². The number of hydrogen-bond donors (Lipinski definition) is 0. The van der Waals surface area contributed by atoms with Gasteiger partial charge in [0, 0.05) is 49.5 Å². The summed E-state index contributed by atoms with van der Waals surface area (Å²) in [6, 6.07) is 22.3. The summed E-state index contributed by atoms with van der Waals surface area (Å²) in [6.07, 6.45) is 5.01. The molecule has 6 heteroatoms. The first-order chi connectivity index (χ1) is 21.3. The van der Waals surface area contributed by atoms with Gasteiger partial charge in [-0.1, -0.05) is 55.3 Å². The number of fused-ring (bicyclic) bond motifs is 3. The minimum atomic E-state index is -0.752. The minimum absolute atomic E-state index is 0. The largest absolute Gasteiger partial charge is 0.453 e. The van der Waals surface area contributed by atoms with Gasteiger partial charge < -0.3 is 9.40 Å². The summed E-state index contributed by atoms with van der Waals surface area (Å²) in [5, 5.41) is 1.19. The van der Waals surface area contributed by atoms with Gasteiger partial charge in [-0.15, -0.1) is 35.4 Å². The molecule has 1 radical (unpaired) electrons. The molecule has 7 aromatic rings. The number of aryl methyl sites for hydroxylation is 1. The van der Waals surface area contributed by atoms with Crippen molar-refractivity contribution in [2.24, 2.45) is 0 Å². The second-order valence-electron chi connectivity index (χ2n) is 8.65. The van der Waals surface area contributed by atoms with Crippen LogP contribution in [0.15, 0.2) is 126 Å². The van der Waals surface area contributed by atoms with Gasteiger partial charge in [0.05, 0.1) is 18.1 Å². The zero-order chi connectivity index (χ0) is 31.0. The van der Waals surface area contributed by atoms with E-state index in [0.29, 0.717) is 27.7 Å². The molecule has 0 saturated carbocycles. The van der Waals surface area contributed by atoms with Crippen LogP contribution in [0, 0.1) is 18.8 Å². The van der Waals surface area contributed by atoms with Crippen LogP contribution in [0.4, 0.5) is 4.39 Å². The molecule has 0 bridgehead atoms. The summed E-state index contributed by atoms with van der Waals surface area (Å²) >= 11 is 0. The molecule has 0 fully saturated rings. The Morgan fingerprint density at radius 3 is 2.15 bits per heavy atom. The third-order valence-corrected chi connectivity index (χ3v) is 6.07. The van der Waals surface area contributed by atoms with Crippen molar-refractivity contribution in [2.75, 3.05) is 0 Å². The van der Waals surface area contributed by atoms with Crippen LogP contribution in [0.3, 0.4) is 0 Å². The fraction of sp³-hybridized carbons (Fsp3) is 0.0294. The maximum absolute atomic E-state index is 15.1. The standard InChI is InChI=1S/C22H13FN2O.C12H10N.Ir/c23-17-10-9-15-16-11-13-25-20(18-8-4-5-12-24-18)22(16)26-21(15)19(17)14-6-2-1-3-7-14;1-10-5-7-11(8-6-10)12-4-2-3-9-13-12;/h1-13H;2-7,9H,1H3;/q;-1;/i1D,2D,3D,6D,7D;;.